The van der Waals surface area contributed by atoms with Crippen LogP contribution in [-0.2, 0) is 9.59 Å². The molecule has 0 saturated carbocycles. The Hall–Kier alpha value is -3.15. The number of nitrogens with zero attached hydrogens (tertiary/aromatic N) is 1. The van der Waals surface area contributed by atoms with Crippen LogP contribution >= 0.6 is 0 Å². The van der Waals surface area contributed by atoms with Gasteiger partial charge in [-0.15, -0.1) is 0 Å². The fourth-order valence-electron chi connectivity index (χ4n) is 3.80. The number of piperidine rings is 1. The van der Waals surface area contributed by atoms with Gasteiger partial charge in [0.1, 0.15) is 5.75 Å². The van der Waals surface area contributed by atoms with Crippen molar-refractivity contribution in [1.82, 2.24) is 10.2 Å². The molecule has 170 valence electrons. The van der Waals surface area contributed by atoms with Gasteiger partial charge in [0.2, 0.25) is 5.91 Å². The molecular weight excluding hydrogens is 404 g/mol. The predicted molar refractivity (Wildman–Crippen MR) is 124 cm³/mol. The molecule has 2 aromatic rings. The van der Waals surface area contributed by atoms with Crippen molar-refractivity contribution in [2.75, 3.05) is 19.7 Å². The first-order chi connectivity index (χ1) is 15.3. The molecule has 1 heterocycles. The van der Waals surface area contributed by atoms with Gasteiger partial charge in [0, 0.05) is 37.5 Å². The van der Waals surface area contributed by atoms with Crippen molar-refractivity contribution in [1.29, 1.82) is 0 Å². The molecule has 0 radical (unpaired) electrons. The molecule has 1 N–H and O–H groups in total. The Balaban J connectivity index is 1.37. The second-order valence-corrected chi connectivity index (χ2v) is 8.50. The highest BCUT2D eigenvalue weighted by molar-refractivity contribution is 5.98. The third-order valence-electron chi connectivity index (χ3n) is 6.07. The predicted octanol–water partition coefficient (Wildman–Crippen LogP) is 3.76. The molecular formula is C26H32N2O4. The van der Waals surface area contributed by atoms with E-state index in [1.54, 1.807) is 17.0 Å². The number of ketones is 1. The van der Waals surface area contributed by atoms with E-state index >= 15 is 0 Å². The van der Waals surface area contributed by atoms with Crippen molar-refractivity contribution in [3.05, 3.63) is 64.7 Å². The lowest BCUT2D eigenvalue weighted by molar-refractivity contribution is -0.134. The quantitative estimate of drug-likeness (QED) is 0.640. The summed E-state index contributed by atoms with van der Waals surface area (Å²) >= 11 is 0. The summed E-state index contributed by atoms with van der Waals surface area (Å²) < 4.78 is 5.73. The van der Waals surface area contributed by atoms with Crippen LogP contribution in [0.15, 0.2) is 42.5 Å². The second-order valence-electron chi connectivity index (χ2n) is 8.50. The summed E-state index contributed by atoms with van der Waals surface area (Å²) in [4.78, 5) is 38.8. The summed E-state index contributed by atoms with van der Waals surface area (Å²) in [5.74, 6) is 0.554. The number of nitrogens with one attached hydrogen (secondary N) is 1. The fraction of sp³-hybridized carbons (Fsp3) is 0.423. The molecule has 0 atom stereocenters. The SMILES string of the molecule is Cc1ccc(C(=O)CCC(=O)NC2CCN(C(=O)COc3cccc(C)c3C)CC2)cc1. The van der Waals surface area contributed by atoms with Crippen LogP contribution in [0.2, 0.25) is 0 Å². The van der Waals surface area contributed by atoms with E-state index in [1.807, 2.05) is 51.1 Å². The first-order valence-electron chi connectivity index (χ1n) is 11.2. The molecule has 0 spiro atoms. The third kappa shape index (κ3) is 6.42. The van der Waals surface area contributed by atoms with Crippen LogP contribution in [0.4, 0.5) is 0 Å². The van der Waals surface area contributed by atoms with Crippen LogP contribution in [-0.4, -0.2) is 48.2 Å². The lowest BCUT2D eigenvalue weighted by atomic mass is 10.0. The number of carbonyl (C=O) groups is 3. The molecule has 0 unspecified atom stereocenters. The summed E-state index contributed by atoms with van der Waals surface area (Å²) in [7, 11) is 0. The van der Waals surface area contributed by atoms with E-state index in [9.17, 15) is 14.4 Å². The Labute approximate surface area is 189 Å². The topological polar surface area (TPSA) is 75.7 Å². The summed E-state index contributed by atoms with van der Waals surface area (Å²) in [6.45, 7) is 7.16. The zero-order chi connectivity index (χ0) is 23.1. The van der Waals surface area contributed by atoms with Crippen LogP contribution in [0.5, 0.6) is 5.75 Å². The van der Waals surface area contributed by atoms with Crippen molar-refractivity contribution in [2.45, 2.75) is 52.5 Å². The second kappa shape index (κ2) is 10.9. The number of aryl methyl sites for hydroxylation is 2. The Morgan fingerprint density at radius 2 is 1.66 bits per heavy atom. The molecule has 0 aromatic heterocycles. The summed E-state index contributed by atoms with van der Waals surface area (Å²) in [5.41, 5.74) is 3.91. The molecule has 6 heteroatoms. The molecule has 0 bridgehead atoms. The highest BCUT2D eigenvalue weighted by atomic mass is 16.5. The lowest BCUT2D eigenvalue weighted by Gasteiger charge is -2.32. The fourth-order valence-corrected chi connectivity index (χ4v) is 3.80. The highest BCUT2D eigenvalue weighted by Gasteiger charge is 2.24. The van der Waals surface area contributed by atoms with Gasteiger partial charge < -0.3 is 15.0 Å². The molecule has 2 aromatic carbocycles. The van der Waals surface area contributed by atoms with E-state index in [2.05, 4.69) is 5.32 Å². The molecule has 1 fully saturated rings. The minimum absolute atomic E-state index is 0.0163. The van der Waals surface area contributed by atoms with Crippen LogP contribution in [0.1, 0.15) is 52.7 Å². The maximum Gasteiger partial charge on any atom is 0.260 e. The summed E-state index contributed by atoms with van der Waals surface area (Å²) in [5, 5.41) is 3.01. The smallest absolute Gasteiger partial charge is 0.260 e. The van der Waals surface area contributed by atoms with Gasteiger partial charge in [-0.2, -0.15) is 0 Å². The monoisotopic (exact) mass is 436 g/mol. The molecule has 1 saturated heterocycles. The van der Waals surface area contributed by atoms with E-state index in [0.29, 0.717) is 31.5 Å². The van der Waals surface area contributed by atoms with Gasteiger partial charge in [0.15, 0.2) is 12.4 Å². The highest BCUT2D eigenvalue weighted by Crippen LogP contribution is 2.21. The molecule has 32 heavy (non-hydrogen) atoms. The van der Waals surface area contributed by atoms with Gasteiger partial charge in [0.05, 0.1) is 0 Å². The van der Waals surface area contributed by atoms with Crippen molar-refractivity contribution in [3.63, 3.8) is 0 Å². The molecule has 1 aliphatic rings. The van der Waals surface area contributed by atoms with Crippen LogP contribution in [0, 0.1) is 20.8 Å². The van der Waals surface area contributed by atoms with E-state index in [1.165, 1.54) is 0 Å². The zero-order valence-corrected chi connectivity index (χ0v) is 19.1. The number of hydrogen-bond acceptors (Lipinski definition) is 4. The van der Waals surface area contributed by atoms with Gasteiger partial charge >= 0.3 is 0 Å². The standard InChI is InChI=1S/C26H32N2O4/c1-18-7-9-21(10-8-18)23(29)11-12-25(30)27-22-13-15-28(16-14-22)26(31)17-32-24-6-4-5-19(2)20(24)3/h4-10,22H,11-17H2,1-3H3,(H,27,30). The van der Waals surface area contributed by atoms with Crippen molar-refractivity contribution >= 4 is 17.6 Å². The average molecular weight is 437 g/mol. The number of amides is 2. The van der Waals surface area contributed by atoms with Crippen molar-refractivity contribution in [3.8, 4) is 5.75 Å². The van der Waals surface area contributed by atoms with Gasteiger partial charge in [-0.3, -0.25) is 14.4 Å². The Morgan fingerprint density at radius 3 is 2.34 bits per heavy atom. The maximum absolute atomic E-state index is 12.5. The molecule has 2 amide bonds. The van der Waals surface area contributed by atoms with E-state index in [4.69, 9.17) is 4.74 Å². The van der Waals surface area contributed by atoms with E-state index in [-0.39, 0.29) is 43.1 Å². The number of likely N-dealkylation sites (tertiary alicyclic amines) is 1. The number of hydrogen-bond donors (Lipinski definition) is 1. The number of rotatable bonds is 8. The first kappa shape index (κ1) is 23.5. The normalized spacial score (nSPS) is 14.2. The Morgan fingerprint density at radius 1 is 0.969 bits per heavy atom. The Kier molecular flexibility index (Phi) is 8.03. The van der Waals surface area contributed by atoms with Crippen LogP contribution in [0.3, 0.4) is 0 Å². The van der Waals surface area contributed by atoms with E-state index in [0.717, 1.165) is 22.4 Å². The van der Waals surface area contributed by atoms with Gasteiger partial charge in [-0.25, -0.2) is 0 Å². The molecule has 3 rings (SSSR count). The third-order valence-corrected chi connectivity index (χ3v) is 6.07. The Bertz CT molecular complexity index is 960. The number of carbonyl (C=O) groups excluding carboxylic acids is 3. The number of Topliss-reactive ketones (excluding diaryl/α,β-unsaturated/α-hetero) is 1. The number of ether oxygens (including phenoxy) is 1. The first-order valence-corrected chi connectivity index (χ1v) is 11.2. The summed E-state index contributed by atoms with van der Waals surface area (Å²) in [6.07, 6.45) is 1.78. The molecule has 1 aliphatic heterocycles. The molecule has 6 nitrogen and oxygen atoms in total. The van der Waals surface area contributed by atoms with Gasteiger partial charge in [-0.1, -0.05) is 42.0 Å². The average Bonchev–Trinajstić information content (AvgIpc) is 2.79. The number of benzene rings is 2. The minimum atomic E-state index is -0.117. The van der Waals surface area contributed by atoms with Crippen molar-refractivity contribution in [2.24, 2.45) is 0 Å². The van der Waals surface area contributed by atoms with Gasteiger partial charge in [-0.05, 0) is 50.8 Å². The summed E-state index contributed by atoms with van der Waals surface area (Å²) in [6, 6.07) is 13.2. The van der Waals surface area contributed by atoms with E-state index < -0.39 is 0 Å². The van der Waals surface area contributed by atoms with Crippen LogP contribution < -0.4 is 10.1 Å². The maximum atomic E-state index is 12.5. The largest absolute Gasteiger partial charge is 0.483 e. The van der Waals surface area contributed by atoms with Crippen LogP contribution in [0.25, 0.3) is 0 Å². The lowest BCUT2D eigenvalue weighted by Crippen LogP contribution is -2.47. The minimum Gasteiger partial charge on any atom is -0.483 e. The molecule has 0 aliphatic carbocycles. The van der Waals surface area contributed by atoms with Gasteiger partial charge in [0.25, 0.3) is 5.91 Å². The van der Waals surface area contributed by atoms with Crippen molar-refractivity contribution < 1.29 is 19.1 Å². The zero-order valence-electron chi connectivity index (χ0n) is 19.1.